The van der Waals surface area contributed by atoms with E-state index < -0.39 is 0 Å². The molecule has 0 radical (unpaired) electrons. The average Bonchev–Trinajstić information content (AvgIpc) is 3.64. The largest absolute Gasteiger partial charge is 0.314 e. The van der Waals surface area contributed by atoms with E-state index >= 15 is 0 Å². The molecular weight excluding hydrogens is 713 g/mol. The van der Waals surface area contributed by atoms with Crippen LogP contribution in [0.4, 0.5) is 11.4 Å². The Balaban J connectivity index is 1.18. The number of aromatic nitrogens is 1. The van der Waals surface area contributed by atoms with Gasteiger partial charge < -0.3 is 9.47 Å². The molecule has 0 saturated heterocycles. The molecular formula is C57H56N2. The quantitative estimate of drug-likeness (QED) is 0.143. The topological polar surface area (TPSA) is 8.17 Å². The molecule has 59 heavy (non-hydrogen) atoms. The molecule has 1 aromatic heterocycles. The number of para-hydroxylation sites is 2. The van der Waals surface area contributed by atoms with Gasteiger partial charge in [0.25, 0.3) is 0 Å². The van der Waals surface area contributed by atoms with Crippen LogP contribution in [0, 0.1) is 5.41 Å². The van der Waals surface area contributed by atoms with Crippen LogP contribution in [0.2, 0.25) is 0 Å². The minimum Gasteiger partial charge on any atom is -0.314 e. The summed E-state index contributed by atoms with van der Waals surface area (Å²) in [6, 6.07) is 37.2. The Hall–Kier alpha value is -6.38. The van der Waals surface area contributed by atoms with E-state index in [2.05, 4.69) is 203 Å². The Bertz CT molecular complexity index is 2830. The molecule has 0 atom stereocenters. The van der Waals surface area contributed by atoms with Gasteiger partial charge in [-0.15, -0.1) is 0 Å². The zero-order valence-electron chi connectivity index (χ0n) is 35.6. The van der Waals surface area contributed by atoms with E-state index in [1.165, 1.54) is 66.4 Å². The summed E-state index contributed by atoms with van der Waals surface area (Å²) in [5, 5.41) is 3.46. The SMILES string of the molecule is C=C/C(=C\C=C/C)N(c1ccccc1)c1ccc(C2=CC=C(n3c(=C)/c(=C\C4=C(C)C(C)(C)C5=C4Cc4ccccc4C(C)(C)C(=C)/C=C\5)c4ccccc43)CC2)cc1. The van der Waals surface area contributed by atoms with Gasteiger partial charge in [-0.05, 0) is 132 Å². The van der Waals surface area contributed by atoms with Gasteiger partial charge in [-0.2, -0.15) is 0 Å². The summed E-state index contributed by atoms with van der Waals surface area (Å²) >= 11 is 0. The van der Waals surface area contributed by atoms with Crippen LogP contribution >= 0.6 is 0 Å². The summed E-state index contributed by atoms with van der Waals surface area (Å²) in [4.78, 5) is 2.25. The van der Waals surface area contributed by atoms with Crippen LogP contribution in [-0.2, 0) is 11.8 Å². The average molecular weight is 769 g/mol. The second-order valence-corrected chi connectivity index (χ2v) is 17.1. The van der Waals surface area contributed by atoms with Gasteiger partial charge in [0.05, 0.1) is 5.52 Å². The Morgan fingerprint density at radius 1 is 0.763 bits per heavy atom. The first-order valence-corrected chi connectivity index (χ1v) is 21.0. The molecule has 3 aliphatic rings. The maximum atomic E-state index is 4.81. The third-order valence-corrected chi connectivity index (χ3v) is 13.1. The molecule has 0 aliphatic heterocycles. The highest BCUT2D eigenvalue weighted by molar-refractivity contribution is 5.88. The van der Waals surface area contributed by atoms with Gasteiger partial charge in [0.1, 0.15) is 0 Å². The van der Waals surface area contributed by atoms with Crippen molar-refractivity contribution in [3.05, 3.63) is 226 Å². The molecule has 5 aromatic rings. The molecule has 0 bridgehead atoms. The van der Waals surface area contributed by atoms with Crippen molar-refractivity contribution >= 4 is 46.2 Å². The molecule has 2 heteroatoms. The lowest BCUT2D eigenvalue weighted by atomic mass is 9.75. The molecule has 2 nitrogen and oxygen atoms in total. The zero-order chi connectivity index (χ0) is 41.5. The third-order valence-electron chi connectivity index (χ3n) is 13.1. The van der Waals surface area contributed by atoms with Crippen LogP contribution in [0.3, 0.4) is 0 Å². The van der Waals surface area contributed by atoms with Crippen molar-refractivity contribution < 1.29 is 0 Å². The van der Waals surface area contributed by atoms with Crippen LogP contribution < -0.4 is 15.5 Å². The Kier molecular flexibility index (Phi) is 10.5. The summed E-state index contributed by atoms with van der Waals surface area (Å²) in [5.74, 6) is 0. The molecule has 8 rings (SSSR count). The molecule has 0 spiro atoms. The normalized spacial score (nSPS) is 18.6. The highest BCUT2D eigenvalue weighted by Gasteiger charge is 2.37. The maximum Gasteiger partial charge on any atom is 0.0537 e. The van der Waals surface area contributed by atoms with Gasteiger partial charge in [-0.25, -0.2) is 0 Å². The van der Waals surface area contributed by atoms with E-state index in [4.69, 9.17) is 6.58 Å². The van der Waals surface area contributed by atoms with E-state index in [1.54, 1.807) is 0 Å². The maximum absolute atomic E-state index is 4.81. The Morgan fingerprint density at radius 3 is 2.17 bits per heavy atom. The molecule has 1 heterocycles. The van der Waals surface area contributed by atoms with Crippen molar-refractivity contribution in [2.75, 3.05) is 4.90 Å². The fraction of sp³-hybridized carbons (Fsp3) is 0.193. The highest BCUT2D eigenvalue weighted by Crippen LogP contribution is 2.50. The molecule has 3 aliphatic carbocycles. The van der Waals surface area contributed by atoms with Crippen molar-refractivity contribution in [1.29, 1.82) is 0 Å². The smallest absolute Gasteiger partial charge is 0.0537 e. The van der Waals surface area contributed by atoms with E-state index in [9.17, 15) is 0 Å². The number of hydrogen-bond acceptors (Lipinski definition) is 1. The van der Waals surface area contributed by atoms with Crippen molar-refractivity contribution in [3.8, 4) is 0 Å². The molecule has 4 aromatic carbocycles. The molecule has 0 fully saturated rings. The fourth-order valence-electron chi connectivity index (χ4n) is 9.30. The van der Waals surface area contributed by atoms with Crippen LogP contribution in [0.25, 0.3) is 34.8 Å². The van der Waals surface area contributed by atoms with Gasteiger partial charge >= 0.3 is 0 Å². The minimum absolute atomic E-state index is 0.122. The number of allylic oxidation sites excluding steroid dienone is 15. The number of benzene rings is 4. The summed E-state index contributed by atoms with van der Waals surface area (Å²) in [7, 11) is 0. The predicted octanol–water partition coefficient (Wildman–Crippen LogP) is 13.6. The van der Waals surface area contributed by atoms with Crippen LogP contribution in [0.5, 0.6) is 0 Å². The number of hydrogen-bond donors (Lipinski definition) is 0. The van der Waals surface area contributed by atoms with Gasteiger partial charge in [0, 0.05) is 49.6 Å². The summed E-state index contributed by atoms with van der Waals surface area (Å²) in [6.07, 6.45) is 22.5. The standard InChI is InChI=1S/C57H56N2/c1-10-12-21-45(11-2)59(46-22-14-13-15-23-46)48-34-30-43(31-35-48)42-28-32-47(33-29-42)58-41(5)51(49-24-17-19-26-55(49)58)38-50-40(4)57(8,9)54-36-27-39(3)56(6,7)53-25-18-16-20-44(53)37-52(50)54/h10-28,30-32,34-36,38H,2-3,5,29,33,37H2,1,4,6-9H3/b12-10-,36-27-,45-21+,51-38+. The number of anilines is 2. The predicted molar refractivity (Wildman–Crippen MR) is 256 cm³/mol. The van der Waals surface area contributed by atoms with Crippen LogP contribution in [0.15, 0.2) is 198 Å². The van der Waals surface area contributed by atoms with Gasteiger partial charge in [-0.1, -0.05) is 156 Å². The first-order valence-electron chi connectivity index (χ1n) is 21.0. The monoisotopic (exact) mass is 768 g/mol. The van der Waals surface area contributed by atoms with E-state index in [1.807, 2.05) is 19.1 Å². The molecule has 0 unspecified atom stereocenters. The Labute approximate surface area is 351 Å². The van der Waals surface area contributed by atoms with Crippen molar-refractivity contribution in [3.63, 3.8) is 0 Å². The second kappa shape index (κ2) is 15.8. The van der Waals surface area contributed by atoms with E-state index in [0.717, 1.165) is 47.3 Å². The lowest BCUT2D eigenvalue weighted by Gasteiger charge is -2.29. The number of nitrogens with zero attached hydrogens (tertiary/aromatic N) is 2. The van der Waals surface area contributed by atoms with Gasteiger partial charge in [0.2, 0.25) is 0 Å². The number of fused-ring (bicyclic) bond motifs is 2. The van der Waals surface area contributed by atoms with Crippen molar-refractivity contribution in [2.45, 2.75) is 66.2 Å². The number of rotatable bonds is 8. The van der Waals surface area contributed by atoms with Gasteiger partial charge in [-0.3, -0.25) is 0 Å². The van der Waals surface area contributed by atoms with E-state index in [0.29, 0.717) is 0 Å². The van der Waals surface area contributed by atoms with E-state index in [-0.39, 0.29) is 10.8 Å². The minimum atomic E-state index is -0.165. The summed E-state index contributed by atoms with van der Waals surface area (Å²) < 4.78 is 2.40. The molecule has 294 valence electrons. The first kappa shape index (κ1) is 39.4. The summed E-state index contributed by atoms with van der Waals surface area (Å²) in [6.45, 7) is 27.2. The van der Waals surface area contributed by atoms with Crippen molar-refractivity contribution in [1.82, 2.24) is 4.57 Å². The molecule has 0 N–H and O–H groups in total. The first-order chi connectivity index (χ1) is 28.4. The Morgan fingerprint density at radius 2 is 1.46 bits per heavy atom. The van der Waals surface area contributed by atoms with Crippen LogP contribution in [0.1, 0.15) is 71.1 Å². The molecule has 0 amide bonds. The lowest BCUT2D eigenvalue weighted by Crippen LogP contribution is -2.28. The summed E-state index contributed by atoms with van der Waals surface area (Å²) in [5.41, 5.74) is 17.3. The second-order valence-electron chi connectivity index (χ2n) is 17.1. The molecule has 0 saturated carbocycles. The highest BCUT2D eigenvalue weighted by atomic mass is 15.1. The van der Waals surface area contributed by atoms with Crippen molar-refractivity contribution in [2.24, 2.45) is 5.41 Å². The lowest BCUT2D eigenvalue weighted by molar-refractivity contribution is 0.561. The fourth-order valence-corrected chi connectivity index (χ4v) is 9.30. The third kappa shape index (κ3) is 7.01. The van der Waals surface area contributed by atoms with Crippen LogP contribution in [-0.4, -0.2) is 4.57 Å². The zero-order valence-corrected chi connectivity index (χ0v) is 35.6. The van der Waals surface area contributed by atoms with Gasteiger partial charge in [0.15, 0.2) is 0 Å².